The molecule has 1 spiro atoms. The number of rotatable bonds is 1. The van der Waals surface area contributed by atoms with Gasteiger partial charge in [-0.2, -0.15) is 0 Å². The van der Waals surface area contributed by atoms with Crippen LogP contribution in [0.1, 0.15) is 86.4 Å². The standard InChI is InChI=1S/C25H31Br/c1-8-17-9-15(2)10-18-21(17)25(13-23(18,4)5)14-24(6,7)19-11-16(3)12-20(26)22(19)25/h9-12H,8,13-14H2,1-7H3/t25-/m1/s1. The molecule has 0 amide bonds. The molecule has 0 aliphatic heterocycles. The van der Waals surface area contributed by atoms with Gasteiger partial charge in [0, 0.05) is 9.89 Å². The molecule has 0 N–H and O–H groups in total. The second-order valence-corrected chi connectivity index (χ2v) is 10.9. The summed E-state index contributed by atoms with van der Waals surface area (Å²) in [4.78, 5) is 0. The van der Waals surface area contributed by atoms with E-state index in [9.17, 15) is 0 Å². The van der Waals surface area contributed by atoms with Gasteiger partial charge < -0.3 is 0 Å². The largest absolute Gasteiger partial charge is 0.0613 e. The maximum atomic E-state index is 3.99. The quantitative estimate of drug-likeness (QED) is 0.463. The van der Waals surface area contributed by atoms with Crippen LogP contribution < -0.4 is 0 Å². The molecule has 2 aromatic carbocycles. The van der Waals surface area contributed by atoms with Crippen molar-refractivity contribution in [1.82, 2.24) is 0 Å². The zero-order valence-electron chi connectivity index (χ0n) is 17.3. The normalized spacial score (nSPS) is 24.8. The van der Waals surface area contributed by atoms with Crippen molar-refractivity contribution in [3.8, 4) is 0 Å². The van der Waals surface area contributed by atoms with E-state index in [1.54, 1.807) is 27.8 Å². The van der Waals surface area contributed by atoms with Crippen molar-refractivity contribution < 1.29 is 0 Å². The Labute approximate surface area is 167 Å². The number of hydrogen-bond acceptors (Lipinski definition) is 0. The molecule has 0 saturated carbocycles. The molecule has 0 nitrogen and oxygen atoms in total. The molecular formula is C25H31Br. The van der Waals surface area contributed by atoms with Crippen LogP contribution in [0.25, 0.3) is 0 Å². The Morgan fingerprint density at radius 1 is 0.808 bits per heavy atom. The first-order valence-corrected chi connectivity index (χ1v) is 10.8. The van der Waals surface area contributed by atoms with Crippen LogP contribution in [0.15, 0.2) is 28.7 Å². The number of fused-ring (bicyclic) bond motifs is 4. The minimum Gasteiger partial charge on any atom is -0.0613 e. The lowest BCUT2D eigenvalue weighted by molar-refractivity contribution is 0.348. The summed E-state index contributed by atoms with van der Waals surface area (Å²) >= 11 is 3.99. The molecule has 4 rings (SSSR count). The van der Waals surface area contributed by atoms with Crippen LogP contribution >= 0.6 is 15.9 Å². The highest BCUT2D eigenvalue weighted by molar-refractivity contribution is 9.10. The minimum absolute atomic E-state index is 0.142. The van der Waals surface area contributed by atoms with Crippen LogP contribution in [0.4, 0.5) is 0 Å². The zero-order chi connectivity index (χ0) is 19.1. The van der Waals surface area contributed by atoms with Crippen molar-refractivity contribution in [1.29, 1.82) is 0 Å². The summed E-state index contributed by atoms with van der Waals surface area (Å²) < 4.78 is 1.31. The first kappa shape index (κ1) is 18.3. The smallest absolute Gasteiger partial charge is 0.0239 e. The zero-order valence-corrected chi connectivity index (χ0v) is 18.9. The average Bonchev–Trinajstić information content (AvgIpc) is 2.86. The molecule has 1 heteroatoms. The van der Waals surface area contributed by atoms with E-state index in [0.29, 0.717) is 0 Å². The van der Waals surface area contributed by atoms with Crippen molar-refractivity contribution in [2.45, 2.75) is 84.0 Å². The van der Waals surface area contributed by atoms with Crippen LogP contribution in [-0.2, 0) is 22.7 Å². The minimum atomic E-state index is 0.142. The summed E-state index contributed by atoms with van der Waals surface area (Å²) in [7, 11) is 0. The molecule has 2 aliphatic carbocycles. The highest BCUT2D eigenvalue weighted by Crippen LogP contribution is 2.64. The Bertz CT molecular complexity index is 912. The fourth-order valence-electron chi connectivity index (χ4n) is 6.24. The van der Waals surface area contributed by atoms with E-state index in [0.717, 1.165) is 6.42 Å². The molecule has 2 aromatic rings. The highest BCUT2D eigenvalue weighted by atomic mass is 79.9. The van der Waals surface area contributed by atoms with E-state index in [2.05, 4.69) is 88.7 Å². The summed E-state index contributed by atoms with van der Waals surface area (Å²) in [5.41, 5.74) is 11.2. The molecule has 0 heterocycles. The lowest BCUT2D eigenvalue weighted by Crippen LogP contribution is -2.28. The van der Waals surface area contributed by atoms with Gasteiger partial charge in [-0.3, -0.25) is 0 Å². The Morgan fingerprint density at radius 3 is 1.85 bits per heavy atom. The van der Waals surface area contributed by atoms with Gasteiger partial charge in [0.1, 0.15) is 0 Å². The lowest BCUT2D eigenvalue weighted by atomic mass is 9.71. The Morgan fingerprint density at radius 2 is 1.31 bits per heavy atom. The molecule has 0 bridgehead atoms. The molecule has 0 unspecified atom stereocenters. The Balaban J connectivity index is 2.12. The van der Waals surface area contributed by atoms with Gasteiger partial charge in [0.2, 0.25) is 0 Å². The topological polar surface area (TPSA) is 0 Å². The summed E-state index contributed by atoms with van der Waals surface area (Å²) in [6.45, 7) is 16.6. The van der Waals surface area contributed by atoms with Crippen molar-refractivity contribution in [2.75, 3.05) is 0 Å². The molecule has 2 aliphatic rings. The van der Waals surface area contributed by atoms with Gasteiger partial charge in [-0.05, 0) is 83.4 Å². The van der Waals surface area contributed by atoms with E-state index in [-0.39, 0.29) is 16.2 Å². The first-order valence-electron chi connectivity index (χ1n) is 9.97. The number of halogens is 1. The summed E-state index contributed by atoms with van der Waals surface area (Å²) in [6.07, 6.45) is 3.54. The van der Waals surface area contributed by atoms with Crippen molar-refractivity contribution in [3.05, 3.63) is 67.7 Å². The van der Waals surface area contributed by atoms with Gasteiger partial charge >= 0.3 is 0 Å². The van der Waals surface area contributed by atoms with Crippen molar-refractivity contribution in [3.63, 3.8) is 0 Å². The predicted octanol–water partition coefficient (Wildman–Crippen LogP) is 7.28. The number of benzene rings is 2. The monoisotopic (exact) mass is 410 g/mol. The van der Waals surface area contributed by atoms with Crippen LogP contribution in [0.5, 0.6) is 0 Å². The number of aryl methyl sites for hydroxylation is 3. The van der Waals surface area contributed by atoms with Gasteiger partial charge in [-0.1, -0.05) is 74.3 Å². The van der Waals surface area contributed by atoms with Gasteiger partial charge in [-0.15, -0.1) is 0 Å². The molecule has 0 fully saturated rings. The molecule has 0 saturated heterocycles. The van der Waals surface area contributed by atoms with E-state index >= 15 is 0 Å². The SMILES string of the molecule is CCc1cc(C)cc2c1[C@]1(CC(C)(C)c3cc(C)cc(Br)c31)CC2(C)C. The molecule has 1 atom stereocenters. The van der Waals surface area contributed by atoms with E-state index in [1.807, 2.05) is 0 Å². The second kappa shape index (κ2) is 5.47. The first-order chi connectivity index (χ1) is 12.0. The third kappa shape index (κ3) is 2.32. The van der Waals surface area contributed by atoms with Crippen LogP contribution in [-0.4, -0.2) is 0 Å². The fourth-order valence-corrected chi connectivity index (χ4v) is 7.20. The highest BCUT2D eigenvalue weighted by Gasteiger charge is 2.57. The van der Waals surface area contributed by atoms with Crippen molar-refractivity contribution in [2.24, 2.45) is 0 Å². The average molecular weight is 411 g/mol. The molecule has 0 radical (unpaired) electrons. The molecular weight excluding hydrogens is 380 g/mol. The van der Waals surface area contributed by atoms with Crippen LogP contribution in [0, 0.1) is 13.8 Å². The summed E-state index contributed by atoms with van der Waals surface area (Å²) in [5.74, 6) is 0. The van der Waals surface area contributed by atoms with Gasteiger partial charge in [0.25, 0.3) is 0 Å². The van der Waals surface area contributed by atoms with Gasteiger partial charge in [0.05, 0.1) is 0 Å². The fraction of sp³-hybridized carbons (Fsp3) is 0.520. The van der Waals surface area contributed by atoms with Crippen LogP contribution in [0.2, 0.25) is 0 Å². The van der Waals surface area contributed by atoms with E-state index in [4.69, 9.17) is 0 Å². The number of hydrogen-bond donors (Lipinski definition) is 0. The maximum Gasteiger partial charge on any atom is 0.0239 e. The van der Waals surface area contributed by atoms with Gasteiger partial charge in [0.15, 0.2) is 0 Å². The van der Waals surface area contributed by atoms with E-state index in [1.165, 1.54) is 28.4 Å². The van der Waals surface area contributed by atoms with E-state index < -0.39 is 0 Å². The lowest BCUT2D eigenvalue weighted by Gasteiger charge is -2.32. The summed E-state index contributed by atoms with van der Waals surface area (Å²) in [6, 6.07) is 9.68. The summed E-state index contributed by atoms with van der Waals surface area (Å²) in [5, 5.41) is 0. The Hall–Kier alpha value is -1.08. The molecule has 26 heavy (non-hydrogen) atoms. The van der Waals surface area contributed by atoms with Crippen molar-refractivity contribution >= 4 is 15.9 Å². The Kier molecular flexibility index (Phi) is 3.85. The molecule has 0 aromatic heterocycles. The predicted molar refractivity (Wildman–Crippen MR) is 116 cm³/mol. The van der Waals surface area contributed by atoms with Gasteiger partial charge in [-0.25, -0.2) is 0 Å². The third-order valence-electron chi connectivity index (χ3n) is 6.88. The second-order valence-electron chi connectivity index (χ2n) is 10.1. The third-order valence-corrected chi connectivity index (χ3v) is 7.51. The molecule has 138 valence electrons. The van der Waals surface area contributed by atoms with Crippen LogP contribution in [0.3, 0.4) is 0 Å². The maximum absolute atomic E-state index is 3.99.